The molecule has 0 saturated carbocycles. The molecule has 0 amide bonds. The molecule has 3 N–H and O–H groups in total. The number of nitrogens with zero attached hydrogens (tertiary/aromatic N) is 2. The Bertz CT molecular complexity index is 1060. The Labute approximate surface area is 229 Å². The van der Waals surface area contributed by atoms with Gasteiger partial charge in [-0.15, -0.1) is 0 Å². The van der Waals surface area contributed by atoms with Gasteiger partial charge < -0.3 is 15.2 Å². The fourth-order valence-electron chi connectivity index (χ4n) is 3.81. The van der Waals surface area contributed by atoms with Gasteiger partial charge in [0.05, 0.1) is 18.4 Å². The normalized spacial score (nSPS) is 22.7. The molecule has 1 aromatic rings. The van der Waals surface area contributed by atoms with Crippen molar-refractivity contribution in [1.29, 1.82) is 0 Å². The van der Waals surface area contributed by atoms with Gasteiger partial charge in [0.2, 0.25) is 0 Å². The number of halogens is 2. The number of rotatable bonds is 6. The average Bonchev–Trinajstić information content (AvgIpc) is 3.16. The Kier molecular flexibility index (Phi) is 11.9. The van der Waals surface area contributed by atoms with E-state index >= 15 is 0 Å². The summed E-state index contributed by atoms with van der Waals surface area (Å²) in [7, 11) is 0. The van der Waals surface area contributed by atoms with Gasteiger partial charge in [0, 0.05) is 16.5 Å². The lowest BCUT2D eigenvalue weighted by molar-refractivity contribution is -0.146. The molecule has 2 aliphatic rings. The smallest absolute Gasteiger partial charge is 0.163 e. The van der Waals surface area contributed by atoms with Gasteiger partial charge in [-0.05, 0) is 64.3 Å². The topological polar surface area (TPSA) is 90.5 Å². The zero-order chi connectivity index (χ0) is 27.8. The molecule has 0 spiro atoms. The van der Waals surface area contributed by atoms with Crippen LogP contribution in [0.2, 0.25) is 0 Å². The van der Waals surface area contributed by atoms with Crippen molar-refractivity contribution < 1.29 is 18.7 Å². The number of ether oxygens (including phenoxy) is 2. The number of amidine groups is 1. The first-order chi connectivity index (χ1) is 17.4. The van der Waals surface area contributed by atoms with Crippen molar-refractivity contribution in [3.05, 3.63) is 56.6 Å². The van der Waals surface area contributed by atoms with Crippen LogP contribution in [0.25, 0.3) is 0 Å². The second-order valence-corrected chi connectivity index (χ2v) is 10.7. The van der Waals surface area contributed by atoms with Gasteiger partial charge in [0.15, 0.2) is 11.6 Å². The second kappa shape index (κ2) is 14.2. The number of allylic oxidation sites excluding steroid dienone is 2. The monoisotopic (exact) mass is 580 g/mol. The Morgan fingerprint density at radius 2 is 1.95 bits per heavy atom. The lowest BCUT2D eigenvalue weighted by Gasteiger charge is -2.27. The molecule has 0 aromatic heterocycles. The fourth-order valence-corrected chi connectivity index (χ4v) is 4.43. The van der Waals surface area contributed by atoms with Crippen LogP contribution in [0.5, 0.6) is 0 Å². The van der Waals surface area contributed by atoms with Crippen molar-refractivity contribution in [3.63, 3.8) is 0 Å². The van der Waals surface area contributed by atoms with E-state index in [1.54, 1.807) is 6.07 Å². The van der Waals surface area contributed by atoms with E-state index in [9.17, 15) is 4.39 Å². The quantitative estimate of drug-likeness (QED) is 0.357. The minimum absolute atomic E-state index is 0.192. The summed E-state index contributed by atoms with van der Waals surface area (Å²) >= 11 is 3.48. The van der Waals surface area contributed by atoms with Crippen LogP contribution >= 0.6 is 15.9 Å². The van der Waals surface area contributed by atoms with Crippen LogP contribution in [0.1, 0.15) is 86.3 Å². The molecule has 37 heavy (non-hydrogen) atoms. The van der Waals surface area contributed by atoms with Gasteiger partial charge in [-0.2, -0.15) is 0 Å². The number of benzene rings is 1. The number of hydroxylamine groups is 1. The first-order valence-corrected chi connectivity index (χ1v) is 13.6. The highest BCUT2D eigenvalue weighted by Crippen LogP contribution is 2.35. The van der Waals surface area contributed by atoms with Crippen molar-refractivity contribution in [2.75, 3.05) is 13.2 Å². The molecular formula is C28H42BrFN4O3. The summed E-state index contributed by atoms with van der Waals surface area (Å²) in [5, 5.41) is 0. The highest BCUT2D eigenvalue weighted by molar-refractivity contribution is 9.10. The third kappa shape index (κ3) is 9.02. The second-order valence-electron chi connectivity index (χ2n) is 9.89. The average molecular weight is 582 g/mol. The molecule has 2 heterocycles. The summed E-state index contributed by atoms with van der Waals surface area (Å²) in [6.07, 6.45) is 2.38. The molecule has 2 aliphatic heterocycles. The fraction of sp³-hybridized carbons (Fsp3) is 0.571. The van der Waals surface area contributed by atoms with E-state index in [0.717, 1.165) is 34.4 Å². The maximum Gasteiger partial charge on any atom is 0.163 e. The van der Waals surface area contributed by atoms with E-state index in [1.807, 2.05) is 41.5 Å². The lowest BCUT2D eigenvalue weighted by Crippen LogP contribution is -2.36. The van der Waals surface area contributed by atoms with Crippen molar-refractivity contribution in [2.24, 2.45) is 15.7 Å². The Morgan fingerprint density at radius 3 is 2.49 bits per heavy atom. The van der Waals surface area contributed by atoms with Crippen LogP contribution in [-0.2, 0) is 14.3 Å². The van der Waals surface area contributed by atoms with E-state index in [0.29, 0.717) is 29.2 Å². The third-order valence-electron chi connectivity index (χ3n) is 5.75. The van der Waals surface area contributed by atoms with Crippen molar-refractivity contribution in [1.82, 2.24) is 5.48 Å². The van der Waals surface area contributed by atoms with Crippen LogP contribution in [-0.4, -0.2) is 36.7 Å². The number of hydrogen-bond acceptors (Lipinski definition) is 7. The predicted octanol–water partition coefficient (Wildman–Crippen LogP) is 6.90. The van der Waals surface area contributed by atoms with E-state index < -0.39 is 5.79 Å². The number of nitrogens with one attached hydrogen (secondary N) is 1. The highest BCUT2D eigenvalue weighted by Gasteiger charge is 2.33. The third-order valence-corrected chi connectivity index (χ3v) is 6.43. The summed E-state index contributed by atoms with van der Waals surface area (Å²) < 4.78 is 25.8. The van der Waals surface area contributed by atoms with Crippen LogP contribution in [0.3, 0.4) is 0 Å². The molecule has 1 aromatic carbocycles. The molecule has 7 nitrogen and oxygen atoms in total. The van der Waals surface area contributed by atoms with Gasteiger partial charge in [-0.3, -0.25) is 9.83 Å². The van der Waals surface area contributed by atoms with Gasteiger partial charge in [-0.25, -0.2) is 14.9 Å². The van der Waals surface area contributed by atoms with Crippen LogP contribution < -0.4 is 11.2 Å². The summed E-state index contributed by atoms with van der Waals surface area (Å²) in [5.74, 6) is 0.103. The predicted molar refractivity (Wildman–Crippen MR) is 152 cm³/mol. The molecule has 0 aliphatic carbocycles. The maximum atomic E-state index is 13.7. The minimum Gasteiger partial charge on any atom is -0.384 e. The Morgan fingerprint density at radius 1 is 1.27 bits per heavy atom. The molecular weight excluding hydrogens is 539 g/mol. The zero-order valence-electron chi connectivity index (χ0n) is 23.4. The van der Waals surface area contributed by atoms with E-state index in [4.69, 9.17) is 30.0 Å². The summed E-state index contributed by atoms with van der Waals surface area (Å²) in [6.45, 7) is 16.7. The van der Waals surface area contributed by atoms with Crippen LogP contribution in [0.4, 0.5) is 4.39 Å². The molecule has 3 rings (SSSR count). The number of aliphatic imine (C=N–C) groups is 2. The Hall–Kier alpha value is -2.07. The van der Waals surface area contributed by atoms with Crippen LogP contribution in [0.15, 0.2) is 55.2 Å². The lowest BCUT2D eigenvalue weighted by atomic mass is 9.91. The molecule has 1 fully saturated rings. The molecule has 1 saturated heterocycles. The van der Waals surface area contributed by atoms with Gasteiger partial charge in [0.1, 0.15) is 24.3 Å². The highest BCUT2D eigenvalue weighted by atomic mass is 79.9. The molecule has 2 atom stereocenters. The first kappa shape index (κ1) is 31.1. The molecule has 0 bridgehead atoms. The summed E-state index contributed by atoms with van der Waals surface area (Å²) in [5.41, 5.74) is 13.8. The van der Waals surface area contributed by atoms with Crippen LogP contribution in [0, 0.1) is 5.82 Å². The van der Waals surface area contributed by atoms with Crippen molar-refractivity contribution in [2.45, 2.75) is 92.6 Å². The SMILES string of the molecule is CC/C(C)=C(N)/N=C1/CC(c2ccc(F)cc2Br)N=C(NOCC2COC(C)(C)O2)C1=C(C)C.CCC. The van der Waals surface area contributed by atoms with Crippen molar-refractivity contribution in [3.8, 4) is 0 Å². The molecule has 206 valence electrons. The number of hydrogen-bond donors (Lipinski definition) is 2. The van der Waals surface area contributed by atoms with E-state index in [2.05, 4.69) is 35.3 Å². The minimum atomic E-state index is -0.623. The molecule has 2 unspecified atom stereocenters. The van der Waals surface area contributed by atoms with Gasteiger partial charge in [-0.1, -0.05) is 54.8 Å². The molecule has 9 heteroatoms. The Balaban J connectivity index is 0.00000153. The molecule has 0 radical (unpaired) electrons. The number of nitrogens with two attached hydrogens (primary N) is 1. The largest absolute Gasteiger partial charge is 0.384 e. The van der Waals surface area contributed by atoms with E-state index in [-0.39, 0.29) is 24.6 Å². The maximum absolute atomic E-state index is 13.7. The van der Waals surface area contributed by atoms with E-state index in [1.165, 1.54) is 18.6 Å². The zero-order valence-corrected chi connectivity index (χ0v) is 25.0. The summed E-state index contributed by atoms with van der Waals surface area (Å²) in [4.78, 5) is 15.5. The standard InChI is InChI=1S/C25H34BrFN4O3.C3H8/c1-7-15(4)23(28)29-21-11-20(18-9-8-16(27)10-19(18)26)30-24(22(21)14(2)3)31-33-13-17-12-32-25(5,6)34-17;1-3-2/h8-10,17,20H,7,11-13,28H2,1-6H3,(H,30,31);3H2,1-2H3/b23-15+,29-21-;. The van der Waals surface area contributed by atoms with Gasteiger partial charge >= 0.3 is 0 Å². The summed E-state index contributed by atoms with van der Waals surface area (Å²) in [6, 6.07) is 4.31. The first-order valence-electron chi connectivity index (χ1n) is 12.9. The van der Waals surface area contributed by atoms with Gasteiger partial charge in [0.25, 0.3) is 0 Å². The van der Waals surface area contributed by atoms with Crippen molar-refractivity contribution >= 4 is 27.5 Å².